The van der Waals surface area contributed by atoms with E-state index < -0.39 is 10.0 Å². The Bertz CT molecular complexity index is 1500. The zero-order valence-corrected chi connectivity index (χ0v) is 25.0. The monoisotopic (exact) mass is 580 g/mol. The van der Waals surface area contributed by atoms with Crippen molar-refractivity contribution in [2.45, 2.75) is 45.6 Å². The minimum absolute atomic E-state index is 0.187. The number of allylic oxidation sites excluding steroid dienone is 1. The van der Waals surface area contributed by atoms with Crippen LogP contribution >= 0.6 is 0 Å². The van der Waals surface area contributed by atoms with E-state index in [4.69, 9.17) is 9.84 Å². The lowest BCUT2D eigenvalue weighted by molar-refractivity contribution is -0.175. The van der Waals surface area contributed by atoms with Crippen LogP contribution in [0.15, 0.2) is 42.6 Å². The summed E-state index contributed by atoms with van der Waals surface area (Å²) >= 11 is 0. The summed E-state index contributed by atoms with van der Waals surface area (Å²) in [7, 11) is -3.55. The number of carbonyl (C=O) groups excluding carboxylic acids is 1. The molecule has 4 aliphatic rings. The van der Waals surface area contributed by atoms with E-state index in [0.717, 1.165) is 93.4 Å². The molecule has 4 saturated heterocycles. The molecular formula is C30H40N6O4S. The van der Waals surface area contributed by atoms with E-state index in [1.807, 2.05) is 16.5 Å². The molecule has 1 aromatic heterocycles. The summed E-state index contributed by atoms with van der Waals surface area (Å²) in [4.78, 5) is 20.5. The van der Waals surface area contributed by atoms with Gasteiger partial charge in [-0.2, -0.15) is 5.10 Å². The van der Waals surface area contributed by atoms with Gasteiger partial charge in [0, 0.05) is 50.2 Å². The van der Waals surface area contributed by atoms with E-state index in [0.29, 0.717) is 17.8 Å². The Kier molecular flexibility index (Phi) is 7.14. The maximum absolute atomic E-state index is 14.0. The predicted octanol–water partition coefficient (Wildman–Crippen LogP) is 3.59. The average Bonchev–Trinajstić information content (AvgIpc) is 3.21. The molecule has 1 N–H and O–H groups in total. The van der Waals surface area contributed by atoms with Gasteiger partial charge in [-0.25, -0.2) is 13.1 Å². The summed E-state index contributed by atoms with van der Waals surface area (Å²) in [6.45, 7) is 14.4. The third kappa shape index (κ3) is 5.49. The van der Waals surface area contributed by atoms with Crippen LogP contribution in [-0.4, -0.2) is 91.0 Å². The van der Waals surface area contributed by atoms with Crippen LogP contribution < -0.4 is 4.72 Å². The van der Waals surface area contributed by atoms with Gasteiger partial charge in [-0.3, -0.25) is 9.52 Å². The van der Waals surface area contributed by atoms with E-state index in [9.17, 15) is 13.2 Å². The van der Waals surface area contributed by atoms with Crippen molar-refractivity contribution in [2.75, 3.05) is 56.9 Å². The van der Waals surface area contributed by atoms with E-state index in [2.05, 4.69) is 40.2 Å². The first-order chi connectivity index (χ1) is 19.5. The molecule has 41 heavy (non-hydrogen) atoms. The highest BCUT2D eigenvalue weighted by Crippen LogP contribution is 2.41. The molecule has 0 aliphatic carbocycles. The maximum Gasteiger partial charge on any atom is 0.256 e. The van der Waals surface area contributed by atoms with E-state index in [1.165, 1.54) is 6.42 Å². The van der Waals surface area contributed by atoms with Gasteiger partial charge in [-0.05, 0) is 57.7 Å². The third-order valence-electron chi connectivity index (χ3n) is 8.68. The predicted molar refractivity (Wildman–Crippen MR) is 159 cm³/mol. The Labute approximate surface area is 242 Å². The molecule has 0 saturated carbocycles. The number of hydrogen-bond acceptors (Lipinski definition) is 7. The number of rotatable bonds is 8. The zero-order chi connectivity index (χ0) is 28.9. The number of sulfonamides is 1. The maximum atomic E-state index is 14.0. The highest BCUT2D eigenvalue weighted by molar-refractivity contribution is 7.92. The number of likely N-dealkylation sites (tertiary alicyclic amines) is 3. The van der Waals surface area contributed by atoms with E-state index in [-0.39, 0.29) is 17.4 Å². The molecule has 5 heterocycles. The van der Waals surface area contributed by atoms with Gasteiger partial charge in [0.25, 0.3) is 5.91 Å². The van der Waals surface area contributed by atoms with Gasteiger partial charge in [0.15, 0.2) is 0 Å². The number of hydrogen-bond donors (Lipinski definition) is 1. The molecule has 1 atom stereocenters. The Balaban J connectivity index is 1.31. The summed E-state index contributed by atoms with van der Waals surface area (Å²) in [5.41, 5.74) is 4.65. The van der Waals surface area contributed by atoms with Crippen LogP contribution in [0.4, 0.5) is 5.69 Å². The number of amides is 1. The Morgan fingerprint density at radius 3 is 2.49 bits per heavy atom. The summed E-state index contributed by atoms with van der Waals surface area (Å²) < 4.78 is 34.1. The van der Waals surface area contributed by atoms with Crippen molar-refractivity contribution >= 4 is 27.4 Å². The highest BCUT2D eigenvalue weighted by Gasteiger charge is 2.50. The Hall–Kier alpha value is -3.31. The third-order valence-corrected chi connectivity index (χ3v) is 9.27. The minimum atomic E-state index is -3.55. The van der Waals surface area contributed by atoms with Crippen molar-refractivity contribution in [3.05, 3.63) is 65.1 Å². The fraction of sp³-hybridized carbons (Fsp3) is 0.533. The topological polar surface area (TPSA) is 100 Å². The van der Waals surface area contributed by atoms with Crippen molar-refractivity contribution in [1.29, 1.82) is 0 Å². The molecule has 11 heteroatoms. The molecule has 0 unspecified atom stereocenters. The van der Waals surface area contributed by atoms with Gasteiger partial charge in [-0.1, -0.05) is 18.2 Å². The van der Waals surface area contributed by atoms with Crippen LogP contribution in [0.2, 0.25) is 0 Å². The summed E-state index contributed by atoms with van der Waals surface area (Å²) in [5, 5.41) is 5.12. The molecule has 4 aliphatic heterocycles. The molecule has 1 spiro atoms. The molecule has 0 radical (unpaired) electrons. The molecule has 4 fully saturated rings. The number of aryl methyl sites for hydroxylation is 2. The minimum Gasteiger partial charge on any atom is -0.380 e. The van der Waals surface area contributed by atoms with Gasteiger partial charge in [0.05, 0.1) is 47.9 Å². The standard InChI is InChI=1S/C30H40N6O4S/c1-21-9-10-25(32-41(4,38)39)24(14-21)29(37)35-13-6-5-8-27(35)26-15-23(3)36(31-26)28(16-22(2)33-11-7-12-33)34-17-30(18-34)19-40-20-30/h9-10,14-16,27,32H,2,5-8,11-13,17-20H2,1,3-4H3/b28-16-/t27-/m0/s1. The highest BCUT2D eigenvalue weighted by atomic mass is 32.2. The lowest BCUT2D eigenvalue weighted by Crippen LogP contribution is -2.65. The number of piperidine rings is 1. The van der Waals surface area contributed by atoms with Crippen molar-refractivity contribution in [3.63, 3.8) is 0 Å². The van der Waals surface area contributed by atoms with Gasteiger partial charge in [-0.15, -0.1) is 0 Å². The van der Waals surface area contributed by atoms with Crippen LogP contribution in [0.25, 0.3) is 5.82 Å². The second-order valence-electron chi connectivity index (χ2n) is 12.2. The Morgan fingerprint density at radius 1 is 1.10 bits per heavy atom. The summed E-state index contributed by atoms with van der Waals surface area (Å²) in [6.07, 6.45) is 7.11. The average molecular weight is 581 g/mol. The van der Waals surface area contributed by atoms with Crippen molar-refractivity contribution in [3.8, 4) is 0 Å². The lowest BCUT2D eigenvalue weighted by Gasteiger charge is -2.56. The van der Waals surface area contributed by atoms with Gasteiger partial charge < -0.3 is 19.4 Å². The molecular weight excluding hydrogens is 540 g/mol. The fourth-order valence-electron chi connectivity index (χ4n) is 6.28. The van der Waals surface area contributed by atoms with Gasteiger partial charge >= 0.3 is 0 Å². The van der Waals surface area contributed by atoms with Crippen LogP contribution in [0, 0.1) is 19.3 Å². The number of nitrogens with zero attached hydrogens (tertiary/aromatic N) is 5. The number of benzene rings is 1. The summed E-state index contributed by atoms with van der Waals surface area (Å²) in [6, 6.07) is 7.12. The second-order valence-corrected chi connectivity index (χ2v) is 14.0. The first-order valence-corrected chi connectivity index (χ1v) is 16.4. The molecule has 6 rings (SSSR count). The van der Waals surface area contributed by atoms with Crippen molar-refractivity contribution < 1.29 is 17.9 Å². The van der Waals surface area contributed by atoms with Gasteiger partial charge in [0.2, 0.25) is 10.0 Å². The molecule has 1 amide bonds. The first kappa shape index (κ1) is 27.8. The van der Waals surface area contributed by atoms with E-state index in [1.54, 1.807) is 18.2 Å². The SMILES string of the molecule is C=C(/C=C(/N1CC2(COC2)C1)n1nc([C@@H]2CCCCN2C(=O)c2cc(C)ccc2NS(C)(=O)=O)cc1C)N1CCC1. The number of ether oxygens (including phenoxy) is 1. The van der Waals surface area contributed by atoms with Crippen molar-refractivity contribution in [1.82, 2.24) is 24.5 Å². The van der Waals surface area contributed by atoms with Crippen LogP contribution in [0.5, 0.6) is 0 Å². The van der Waals surface area contributed by atoms with Crippen molar-refractivity contribution in [2.24, 2.45) is 5.41 Å². The molecule has 0 bridgehead atoms. The zero-order valence-electron chi connectivity index (χ0n) is 24.2. The number of carbonyl (C=O) groups is 1. The Morgan fingerprint density at radius 2 is 1.85 bits per heavy atom. The molecule has 220 valence electrons. The van der Waals surface area contributed by atoms with E-state index >= 15 is 0 Å². The first-order valence-electron chi connectivity index (χ1n) is 14.5. The number of aromatic nitrogens is 2. The molecule has 2 aromatic rings. The van der Waals surface area contributed by atoms with Crippen LogP contribution in [0.1, 0.15) is 59.0 Å². The smallest absolute Gasteiger partial charge is 0.256 e. The largest absolute Gasteiger partial charge is 0.380 e. The number of anilines is 1. The molecule has 1 aromatic carbocycles. The van der Waals surface area contributed by atoms with Crippen LogP contribution in [0.3, 0.4) is 0 Å². The lowest BCUT2D eigenvalue weighted by atomic mass is 9.78. The number of nitrogens with one attached hydrogen (secondary N) is 1. The molecule has 10 nitrogen and oxygen atoms in total. The quantitative estimate of drug-likeness (QED) is 0.477. The second kappa shape index (κ2) is 10.5. The summed E-state index contributed by atoms with van der Waals surface area (Å²) in [5.74, 6) is 0.823. The van der Waals surface area contributed by atoms with Crippen LogP contribution in [-0.2, 0) is 14.8 Å². The van der Waals surface area contributed by atoms with Gasteiger partial charge in [0.1, 0.15) is 5.82 Å². The normalized spacial score (nSPS) is 22.2. The fourth-order valence-corrected chi connectivity index (χ4v) is 6.86.